The normalized spacial score (nSPS) is 17.6. The fraction of sp³-hybridized carbons (Fsp3) is 0.406. The highest BCUT2D eigenvalue weighted by Gasteiger charge is 2.30. The topological polar surface area (TPSA) is 22.1 Å². The summed E-state index contributed by atoms with van der Waals surface area (Å²) in [6, 6.07) is 27.1. The Morgan fingerprint density at radius 1 is 0.892 bits per heavy atom. The van der Waals surface area contributed by atoms with Crippen LogP contribution in [0.1, 0.15) is 49.3 Å². The average Bonchev–Trinajstić information content (AvgIpc) is 3.59. The molecule has 5 heteroatoms. The van der Waals surface area contributed by atoms with Crippen molar-refractivity contribution in [1.29, 1.82) is 0 Å². The number of halogens is 1. The number of aliphatic imine (C=N–C) groups is 1. The average molecular weight is 499 g/mol. The molecule has 2 aliphatic rings. The van der Waals surface area contributed by atoms with E-state index in [1.807, 2.05) is 6.07 Å². The largest absolute Gasteiger partial charge is 0.372 e. The highest BCUT2D eigenvalue weighted by molar-refractivity contribution is 6.00. The van der Waals surface area contributed by atoms with Gasteiger partial charge in [-0.2, -0.15) is 0 Å². The second-order valence-electron chi connectivity index (χ2n) is 10.4. The first kappa shape index (κ1) is 25.5. The predicted molar refractivity (Wildman–Crippen MR) is 152 cm³/mol. The Labute approximate surface area is 221 Å². The zero-order valence-corrected chi connectivity index (χ0v) is 22.0. The van der Waals surface area contributed by atoms with E-state index in [1.165, 1.54) is 48.8 Å². The lowest BCUT2D eigenvalue weighted by molar-refractivity contribution is 0.191. The molecule has 0 saturated carbocycles. The molecule has 3 aromatic rings. The molecule has 0 N–H and O–H groups in total. The lowest BCUT2D eigenvalue weighted by Gasteiger charge is -2.33. The van der Waals surface area contributed by atoms with Crippen molar-refractivity contribution in [2.45, 2.75) is 51.7 Å². The summed E-state index contributed by atoms with van der Waals surface area (Å²) in [5.41, 5.74) is 4.88. The van der Waals surface area contributed by atoms with Crippen LogP contribution in [0.4, 0.5) is 10.1 Å². The molecule has 0 amide bonds. The Morgan fingerprint density at radius 2 is 1.62 bits per heavy atom. The van der Waals surface area contributed by atoms with Crippen LogP contribution in [0.3, 0.4) is 0 Å². The molecule has 0 aromatic heterocycles. The van der Waals surface area contributed by atoms with Gasteiger partial charge in [-0.05, 0) is 54.7 Å². The zero-order valence-electron chi connectivity index (χ0n) is 22.0. The molecule has 1 unspecified atom stereocenters. The van der Waals surface area contributed by atoms with Gasteiger partial charge in [0.1, 0.15) is 11.7 Å². The van der Waals surface area contributed by atoms with E-state index in [0.29, 0.717) is 0 Å². The van der Waals surface area contributed by atoms with E-state index in [9.17, 15) is 4.39 Å². The maximum atomic E-state index is 14.0. The maximum absolute atomic E-state index is 14.0. The van der Waals surface area contributed by atoms with Crippen molar-refractivity contribution in [3.63, 3.8) is 0 Å². The molecule has 3 aromatic carbocycles. The molecule has 0 aliphatic carbocycles. The molecule has 1 atom stereocenters. The molecule has 1 fully saturated rings. The molecule has 1 saturated heterocycles. The van der Waals surface area contributed by atoms with E-state index < -0.39 is 0 Å². The van der Waals surface area contributed by atoms with Gasteiger partial charge in [0.25, 0.3) is 0 Å². The molecule has 2 heterocycles. The molecule has 0 spiro atoms. The monoisotopic (exact) mass is 498 g/mol. The van der Waals surface area contributed by atoms with E-state index in [0.717, 1.165) is 57.0 Å². The van der Waals surface area contributed by atoms with Gasteiger partial charge in [0.15, 0.2) is 0 Å². The summed E-state index contributed by atoms with van der Waals surface area (Å²) in [4.78, 5) is 12.4. The summed E-state index contributed by atoms with van der Waals surface area (Å²) in [5.74, 6) is 0.731. The molecule has 0 radical (unpaired) electrons. The molecule has 194 valence electrons. The van der Waals surface area contributed by atoms with E-state index in [4.69, 9.17) is 4.99 Å². The van der Waals surface area contributed by atoms with E-state index in [-0.39, 0.29) is 11.9 Å². The van der Waals surface area contributed by atoms with Crippen molar-refractivity contribution in [1.82, 2.24) is 9.80 Å². The molecule has 2 aliphatic heterocycles. The standard InChI is InChI=1S/C32H39FN4/c1-2-3-20-37-31(22-34-32(37)28-12-9-13-29(33)21-28)25-35(23-26-10-5-4-6-11-26)24-27-14-16-30(17-15-27)36-18-7-8-19-36/h4-6,9-17,21,31H,2-3,7-8,18-20,22-25H2,1H3. The highest BCUT2D eigenvalue weighted by atomic mass is 19.1. The summed E-state index contributed by atoms with van der Waals surface area (Å²) < 4.78 is 14.0. The number of amidine groups is 1. The second-order valence-corrected chi connectivity index (χ2v) is 10.4. The SMILES string of the molecule is CCCCN1C(c2cccc(F)c2)=NCC1CN(Cc1ccccc1)Cc1ccc(N2CCCC2)cc1. The summed E-state index contributed by atoms with van der Waals surface area (Å²) >= 11 is 0. The molecule has 0 bridgehead atoms. The van der Waals surface area contributed by atoms with Crippen LogP contribution in [0.15, 0.2) is 83.9 Å². The Hall–Kier alpha value is -3.18. The zero-order chi connectivity index (χ0) is 25.5. The summed E-state index contributed by atoms with van der Waals surface area (Å²) in [6.45, 7) is 8.94. The minimum Gasteiger partial charge on any atom is -0.372 e. The Bertz CT molecular complexity index is 1150. The van der Waals surface area contributed by atoms with Gasteiger partial charge in [0.05, 0.1) is 12.6 Å². The van der Waals surface area contributed by atoms with Crippen molar-refractivity contribution in [3.05, 3.63) is 101 Å². The van der Waals surface area contributed by atoms with Crippen molar-refractivity contribution >= 4 is 11.5 Å². The van der Waals surface area contributed by atoms with Gasteiger partial charge in [-0.15, -0.1) is 0 Å². The second kappa shape index (κ2) is 12.4. The lowest BCUT2D eigenvalue weighted by atomic mass is 10.1. The van der Waals surface area contributed by atoms with Gasteiger partial charge < -0.3 is 9.80 Å². The number of rotatable bonds is 11. The molecular formula is C32H39FN4. The highest BCUT2D eigenvalue weighted by Crippen LogP contribution is 2.23. The summed E-state index contributed by atoms with van der Waals surface area (Å²) in [6.07, 6.45) is 4.81. The third-order valence-corrected chi connectivity index (χ3v) is 7.53. The first-order valence-corrected chi connectivity index (χ1v) is 13.9. The van der Waals surface area contributed by atoms with Crippen LogP contribution in [-0.4, -0.2) is 54.4 Å². The minimum atomic E-state index is -0.206. The van der Waals surface area contributed by atoms with E-state index >= 15 is 0 Å². The first-order chi connectivity index (χ1) is 18.2. The third-order valence-electron chi connectivity index (χ3n) is 7.53. The molecule has 5 rings (SSSR count). The number of hydrogen-bond donors (Lipinski definition) is 0. The summed E-state index contributed by atoms with van der Waals surface area (Å²) in [5, 5.41) is 0. The van der Waals surface area contributed by atoms with Crippen LogP contribution >= 0.6 is 0 Å². The Kier molecular flexibility index (Phi) is 8.52. The van der Waals surface area contributed by atoms with Crippen molar-refractivity contribution < 1.29 is 4.39 Å². The van der Waals surface area contributed by atoms with Crippen LogP contribution in [0.25, 0.3) is 0 Å². The summed E-state index contributed by atoms with van der Waals surface area (Å²) in [7, 11) is 0. The molecule has 37 heavy (non-hydrogen) atoms. The van der Waals surface area contributed by atoms with Gasteiger partial charge in [0, 0.05) is 50.5 Å². The third kappa shape index (κ3) is 6.58. The van der Waals surface area contributed by atoms with Gasteiger partial charge in [-0.1, -0.05) is 67.9 Å². The van der Waals surface area contributed by atoms with Crippen LogP contribution in [0.2, 0.25) is 0 Å². The van der Waals surface area contributed by atoms with Gasteiger partial charge >= 0.3 is 0 Å². The van der Waals surface area contributed by atoms with Gasteiger partial charge in [-0.3, -0.25) is 9.89 Å². The fourth-order valence-electron chi connectivity index (χ4n) is 5.58. The van der Waals surface area contributed by atoms with Crippen molar-refractivity contribution in [2.24, 2.45) is 4.99 Å². The fourth-order valence-corrected chi connectivity index (χ4v) is 5.58. The van der Waals surface area contributed by atoms with Crippen molar-refractivity contribution in [3.8, 4) is 0 Å². The maximum Gasteiger partial charge on any atom is 0.131 e. The number of hydrogen-bond acceptors (Lipinski definition) is 4. The van der Waals surface area contributed by atoms with Gasteiger partial charge in [-0.25, -0.2) is 4.39 Å². The lowest BCUT2D eigenvalue weighted by Crippen LogP contribution is -2.45. The van der Waals surface area contributed by atoms with Crippen LogP contribution in [0.5, 0.6) is 0 Å². The number of unbranched alkanes of at least 4 members (excludes halogenated alkanes) is 1. The number of nitrogens with zero attached hydrogens (tertiary/aromatic N) is 4. The Morgan fingerprint density at radius 3 is 2.32 bits per heavy atom. The van der Waals surface area contributed by atoms with Crippen LogP contribution in [0, 0.1) is 5.82 Å². The van der Waals surface area contributed by atoms with Gasteiger partial charge in [0.2, 0.25) is 0 Å². The molecule has 4 nitrogen and oxygen atoms in total. The number of benzene rings is 3. The van der Waals surface area contributed by atoms with Crippen molar-refractivity contribution in [2.75, 3.05) is 37.6 Å². The quantitative estimate of drug-likeness (QED) is 0.307. The molecular weight excluding hydrogens is 459 g/mol. The Balaban J connectivity index is 1.33. The van der Waals surface area contributed by atoms with E-state index in [2.05, 4.69) is 76.2 Å². The minimum absolute atomic E-state index is 0.206. The smallest absolute Gasteiger partial charge is 0.131 e. The van der Waals surface area contributed by atoms with Crippen LogP contribution < -0.4 is 4.90 Å². The van der Waals surface area contributed by atoms with Crippen LogP contribution in [-0.2, 0) is 13.1 Å². The predicted octanol–water partition coefficient (Wildman–Crippen LogP) is 6.36. The number of anilines is 1. The van der Waals surface area contributed by atoms with E-state index in [1.54, 1.807) is 12.1 Å². The first-order valence-electron chi connectivity index (χ1n) is 13.9.